The third-order valence-electron chi connectivity index (χ3n) is 2.99. The van der Waals surface area contributed by atoms with Crippen molar-refractivity contribution >= 4 is 12.1 Å². The van der Waals surface area contributed by atoms with Crippen LogP contribution in [0.5, 0.6) is 0 Å². The van der Waals surface area contributed by atoms with Crippen LogP contribution in [0.15, 0.2) is 24.3 Å². The van der Waals surface area contributed by atoms with Crippen LogP contribution in [0.3, 0.4) is 0 Å². The number of carbonyl (C=O) groups is 1. The number of hydrogen-bond donors (Lipinski definition) is 2. The first-order valence-electron chi connectivity index (χ1n) is 5.83. The highest BCUT2D eigenvalue weighted by atomic mass is 16.1. The molecule has 0 aliphatic heterocycles. The minimum Gasteiger partial charge on any atom is -0.382 e. The Labute approximate surface area is 106 Å². The number of anilines is 1. The molecule has 18 heavy (non-hydrogen) atoms. The molecule has 1 heterocycles. The minimum absolute atomic E-state index is 0.110. The average Bonchev–Trinajstić information content (AvgIpc) is 2.69. The van der Waals surface area contributed by atoms with Crippen molar-refractivity contribution in [1.82, 2.24) is 10.2 Å². The van der Waals surface area contributed by atoms with E-state index in [4.69, 9.17) is 5.73 Å². The monoisotopic (exact) mass is 243 g/mol. The van der Waals surface area contributed by atoms with Crippen LogP contribution >= 0.6 is 0 Å². The van der Waals surface area contributed by atoms with Gasteiger partial charge in [0.2, 0.25) is 0 Å². The van der Waals surface area contributed by atoms with Crippen molar-refractivity contribution in [3.05, 3.63) is 35.4 Å². The van der Waals surface area contributed by atoms with Crippen LogP contribution in [-0.4, -0.2) is 16.5 Å². The van der Waals surface area contributed by atoms with E-state index in [0.717, 1.165) is 11.8 Å². The molecule has 0 unspecified atom stereocenters. The fraction of sp³-hybridized carbons (Fsp3) is 0.286. The lowest BCUT2D eigenvalue weighted by atomic mass is 9.86. The van der Waals surface area contributed by atoms with Gasteiger partial charge in [-0.25, -0.2) is 0 Å². The van der Waals surface area contributed by atoms with E-state index >= 15 is 0 Å². The number of nitrogens with one attached hydrogen (secondary N) is 1. The van der Waals surface area contributed by atoms with Crippen molar-refractivity contribution in [2.75, 3.05) is 5.73 Å². The van der Waals surface area contributed by atoms with Crippen LogP contribution < -0.4 is 5.73 Å². The number of nitrogens with two attached hydrogens (primary N) is 1. The van der Waals surface area contributed by atoms with Gasteiger partial charge in [0.15, 0.2) is 12.1 Å². The Kier molecular flexibility index (Phi) is 2.95. The van der Waals surface area contributed by atoms with Crippen molar-refractivity contribution in [1.29, 1.82) is 0 Å². The molecule has 4 heteroatoms. The zero-order chi connectivity index (χ0) is 13.3. The van der Waals surface area contributed by atoms with Gasteiger partial charge in [-0.2, -0.15) is 5.10 Å². The van der Waals surface area contributed by atoms with Gasteiger partial charge in [-0.05, 0) is 11.0 Å². The SMILES string of the molecule is CC(C)(C)c1ccc(-c2[nH]nc(N)c2C=O)cc1. The van der Waals surface area contributed by atoms with Gasteiger partial charge in [-0.15, -0.1) is 0 Å². The molecule has 0 bridgehead atoms. The standard InChI is InChI=1S/C14H17N3O/c1-14(2,3)10-6-4-9(5-7-10)12-11(8-18)13(15)17-16-12/h4-8H,1-3H3,(H3,15,16,17). The number of aromatic nitrogens is 2. The van der Waals surface area contributed by atoms with E-state index in [1.54, 1.807) is 0 Å². The van der Waals surface area contributed by atoms with E-state index in [1.807, 2.05) is 12.1 Å². The van der Waals surface area contributed by atoms with Crippen molar-refractivity contribution in [3.63, 3.8) is 0 Å². The lowest BCUT2D eigenvalue weighted by molar-refractivity contribution is 0.112. The van der Waals surface area contributed by atoms with Crippen LogP contribution in [0.1, 0.15) is 36.7 Å². The van der Waals surface area contributed by atoms with Gasteiger partial charge in [-0.1, -0.05) is 45.0 Å². The molecule has 0 aliphatic rings. The summed E-state index contributed by atoms with van der Waals surface area (Å²) in [6.07, 6.45) is 0.728. The highest BCUT2D eigenvalue weighted by Gasteiger charge is 2.15. The fourth-order valence-electron chi connectivity index (χ4n) is 1.84. The zero-order valence-corrected chi connectivity index (χ0v) is 10.8. The van der Waals surface area contributed by atoms with Crippen LogP contribution in [0.4, 0.5) is 5.82 Å². The van der Waals surface area contributed by atoms with Gasteiger partial charge < -0.3 is 5.73 Å². The summed E-state index contributed by atoms with van der Waals surface area (Å²) in [5, 5.41) is 6.65. The van der Waals surface area contributed by atoms with Crippen molar-refractivity contribution in [2.24, 2.45) is 0 Å². The Bertz CT molecular complexity index is 562. The molecule has 0 aliphatic carbocycles. The summed E-state index contributed by atoms with van der Waals surface area (Å²) < 4.78 is 0. The Morgan fingerprint density at radius 1 is 1.22 bits per heavy atom. The van der Waals surface area contributed by atoms with Gasteiger partial charge in [0.1, 0.15) is 0 Å². The molecular weight excluding hydrogens is 226 g/mol. The maximum absolute atomic E-state index is 11.0. The first-order chi connectivity index (χ1) is 8.43. The summed E-state index contributed by atoms with van der Waals surface area (Å²) in [5.74, 6) is 0.236. The molecule has 0 amide bonds. The highest BCUT2D eigenvalue weighted by molar-refractivity contribution is 5.91. The maximum Gasteiger partial charge on any atom is 0.156 e. The van der Waals surface area contributed by atoms with Gasteiger partial charge in [0.25, 0.3) is 0 Å². The normalized spacial score (nSPS) is 11.5. The predicted molar refractivity (Wildman–Crippen MR) is 72.5 cm³/mol. The molecule has 0 fully saturated rings. The second-order valence-corrected chi connectivity index (χ2v) is 5.34. The first-order valence-corrected chi connectivity index (χ1v) is 5.83. The van der Waals surface area contributed by atoms with Crippen molar-refractivity contribution < 1.29 is 4.79 Å². The van der Waals surface area contributed by atoms with Gasteiger partial charge in [-0.3, -0.25) is 9.89 Å². The maximum atomic E-state index is 11.0. The van der Waals surface area contributed by atoms with Crippen molar-refractivity contribution in [3.8, 4) is 11.3 Å². The fourth-order valence-corrected chi connectivity index (χ4v) is 1.84. The largest absolute Gasteiger partial charge is 0.382 e. The number of nitrogen functional groups attached to an aromatic ring is 1. The number of aromatic amines is 1. The zero-order valence-electron chi connectivity index (χ0n) is 10.8. The topological polar surface area (TPSA) is 71.8 Å². The summed E-state index contributed by atoms with van der Waals surface area (Å²) in [6, 6.07) is 8.06. The summed E-state index contributed by atoms with van der Waals surface area (Å²) in [7, 11) is 0. The molecule has 2 rings (SSSR count). The number of nitrogens with zero attached hydrogens (tertiary/aromatic N) is 1. The highest BCUT2D eigenvalue weighted by Crippen LogP contribution is 2.27. The van der Waals surface area contributed by atoms with Gasteiger partial charge in [0.05, 0.1) is 11.3 Å². The second-order valence-electron chi connectivity index (χ2n) is 5.34. The molecule has 4 nitrogen and oxygen atoms in total. The van der Waals surface area contributed by atoms with E-state index in [-0.39, 0.29) is 11.2 Å². The number of hydrogen-bond acceptors (Lipinski definition) is 3. The number of carbonyl (C=O) groups excluding carboxylic acids is 1. The number of benzene rings is 1. The van der Waals surface area contributed by atoms with E-state index in [9.17, 15) is 4.79 Å². The number of rotatable bonds is 2. The molecule has 0 saturated heterocycles. The second kappa shape index (κ2) is 4.29. The molecule has 3 N–H and O–H groups in total. The lowest BCUT2D eigenvalue weighted by Gasteiger charge is -2.19. The summed E-state index contributed by atoms with van der Waals surface area (Å²) in [6.45, 7) is 6.48. The summed E-state index contributed by atoms with van der Waals surface area (Å²) in [5.41, 5.74) is 8.96. The molecule has 0 saturated carbocycles. The lowest BCUT2D eigenvalue weighted by Crippen LogP contribution is -2.10. The molecular formula is C14H17N3O. The molecule has 94 valence electrons. The van der Waals surface area contributed by atoms with Crippen LogP contribution in [0.2, 0.25) is 0 Å². The van der Waals surface area contributed by atoms with Crippen LogP contribution in [0.25, 0.3) is 11.3 Å². The minimum atomic E-state index is 0.110. The summed E-state index contributed by atoms with van der Waals surface area (Å²) in [4.78, 5) is 11.0. The van der Waals surface area contributed by atoms with E-state index in [2.05, 4.69) is 43.1 Å². The van der Waals surface area contributed by atoms with E-state index < -0.39 is 0 Å². The Morgan fingerprint density at radius 2 is 1.83 bits per heavy atom. The van der Waals surface area contributed by atoms with E-state index in [0.29, 0.717) is 11.3 Å². The third kappa shape index (κ3) is 2.14. The van der Waals surface area contributed by atoms with E-state index in [1.165, 1.54) is 5.56 Å². The van der Waals surface area contributed by atoms with Gasteiger partial charge in [0, 0.05) is 5.56 Å². The van der Waals surface area contributed by atoms with Crippen molar-refractivity contribution in [2.45, 2.75) is 26.2 Å². The molecule has 1 aromatic heterocycles. The van der Waals surface area contributed by atoms with Crippen LogP contribution in [-0.2, 0) is 5.41 Å². The Morgan fingerprint density at radius 3 is 2.33 bits per heavy atom. The molecule has 1 aromatic carbocycles. The van der Waals surface area contributed by atoms with Gasteiger partial charge >= 0.3 is 0 Å². The molecule has 0 atom stereocenters. The number of H-pyrrole nitrogens is 1. The Balaban J connectivity index is 2.43. The molecule has 0 spiro atoms. The number of aldehydes is 1. The smallest absolute Gasteiger partial charge is 0.156 e. The third-order valence-corrected chi connectivity index (χ3v) is 2.99. The molecule has 0 radical (unpaired) electrons. The molecule has 2 aromatic rings. The average molecular weight is 243 g/mol. The van der Waals surface area contributed by atoms with Crippen LogP contribution in [0, 0.1) is 0 Å². The predicted octanol–water partition coefficient (Wildman–Crippen LogP) is 2.77. The first kappa shape index (κ1) is 12.4. The quantitative estimate of drug-likeness (QED) is 0.797. The Hall–Kier alpha value is -2.10. The summed E-state index contributed by atoms with van der Waals surface area (Å²) >= 11 is 0.